The second-order valence-corrected chi connectivity index (χ2v) is 3.89. The Kier molecular flexibility index (Phi) is 4.70. The summed E-state index contributed by atoms with van der Waals surface area (Å²) < 4.78 is 5.20. The van der Waals surface area contributed by atoms with Crippen molar-refractivity contribution < 1.29 is 14.9 Å². The van der Waals surface area contributed by atoms with Crippen molar-refractivity contribution in [3.63, 3.8) is 0 Å². The van der Waals surface area contributed by atoms with E-state index in [9.17, 15) is 5.11 Å². The topological polar surface area (TPSA) is 49.7 Å². The summed E-state index contributed by atoms with van der Waals surface area (Å²) in [5.41, 5.74) is 0. The molecule has 13 heavy (non-hydrogen) atoms. The highest BCUT2D eigenvalue weighted by atomic mass is 16.5. The molecule has 1 aliphatic rings. The van der Waals surface area contributed by atoms with Gasteiger partial charge in [0.1, 0.15) is 0 Å². The molecule has 78 valence electrons. The molecule has 1 aliphatic carbocycles. The van der Waals surface area contributed by atoms with Crippen LogP contribution in [0.1, 0.15) is 32.1 Å². The molecule has 1 rings (SSSR count). The van der Waals surface area contributed by atoms with Crippen molar-refractivity contribution in [3.8, 4) is 0 Å². The van der Waals surface area contributed by atoms with Gasteiger partial charge in [0, 0.05) is 13.7 Å². The summed E-state index contributed by atoms with van der Waals surface area (Å²) in [5.74, 6) is 0.625. The summed E-state index contributed by atoms with van der Waals surface area (Å²) >= 11 is 0. The number of rotatable bonds is 4. The number of methoxy groups -OCH3 is 1. The van der Waals surface area contributed by atoms with Crippen LogP contribution in [0.25, 0.3) is 0 Å². The highest BCUT2D eigenvalue weighted by molar-refractivity contribution is 4.80. The Bertz CT molecular complexity index is 136. The lowest BCUT2D eigenvalue weighted by Gasteiger charge is -2.32. The van der Waals surface area contributed by atoms with E-state index in [-0.39, 0.29) is 18.8 Å². The molecule has 0 unspecified atom stereocenters. The first-order valence-electron chi connectivity index (χ1n) is 5.09. The molecular weight excluding hydrogens is 168 g/mol. The zero-order chi connectivity index (χ0) is 9.68. The van der Waals surface area contributed by atoms with Crippen LogP contribution in [0.5, 0.6) is 0 Å². The molecule has 0 heterocycles. The maximum absolute atomic E-state index is 9.54. The van der Waals surface area contributed by atoms with Gasteiger partial charge < -0.3 is 14.9 Å². The molecule has 2 N–H and O–H groups in total. The molecule has 0 bridgehead atoms. The first-order valence-corrected chi connectivity index (χ1v) is 5.09. The minimum absolute atomic E-state index is 0.0115. The molecule has 0 aromatic rings. The van der Waals surface area contributed by atoms with E-state index in [0.29, 0.717) is 5.92 Å². The van der Waals surface area contributed by atoms with E-state index < -0.39 is 0 Å². The molecule has 0 saturated heterocycles. The van der Waals surface area contributed by atoms with Gasteiger partial charge >= 0.3 is 0 Å². The zero-order valence-electron chi connectivity index (χ0n) is 8.28. The Labute approximate surface area is 79.7 Å². The summed E-state index contributed by atoms with van der Waals surface area (Å²) in [7, 11) is 1.66. The summed E-state index contributed by atoms with van der Waals surface area (Å²) in [4.78, 5) is 0. The van der Waals surface area contributed by atoms with Gasteiger partial charge in [-0.1, -0.05) is 0 Å². The van der Waals surface area contributed by atoms with E-state index in [1.54, 1.807) is 7.11 Å². The number of aliphatic hydroxyl groups excluding tert-OH is 2. The van der Waals surface area contributed by atoms with Gasteiger partial charge in [-0.2, -0.15) is 0 Å². The van der Waals surface area contributed by atoms with Gasteiger partial charge in [0.25, 0.3) is 0 Å². The van der Waals surface area contributed by atoms with Crippen molar-refractivity contribution in [2.45, 2.75) is 44.3 Å². The fraction of sp³-hybridized carbons (Fsp3) is 1.00. The second-order valence-electron chi connectivity index (χ2n) is 3.89. The molecule has 3 heteroatoms. The Balaban J connectivity index is 2.27. The van der Waals surface area contributed by atoms with Crippen molar-refractivity contribution in [1.29, 1.82) is 0 Å². The summed E-state index contributed by atoms with van der Waals surface area (Å²) in [6.07, 6.45) is 4.51. The highest BCUT2D eigenvalue weighted by Gasteiger charge is 2.28. The number of hydrogen-bond acceptors (Lipinski definition) is 3. The predicted molar refractivity (Wildman–Crippen MR) is 50.5 cm³/mol. The average Bonchev–Trinajstić information content (AvgIpc) is 2.16. The van der Waals surface area contributed by atoms with Crippen LogP contribution in [0.2, 0.25) is 0 Å². The molecule has 1 saturated carbocycles. The summed E-state index contributed by atoms with van der Waals surface area (Å²) in [5, 5.41) is 18.2. The van der Waals surface area contributed by atoms with Crippen LogP contribution in [-0.4, -0.2) is 36.1 Å². The summed E-state index contributed by atoms with van der Waals surface area (Å²) in [6.45, 7) is 0.275. The first-order chi connectivity index (χ1) is 6.27. The summed E-state index contributed by atoms with van der Waals surface area (Å²) in [6, 6.07) is 0. The standard InChI is InChI=1S/C10H20O3/c1-13-10-7-8(3-2-6-11)4-5-9(10)12/h8-12H,2-7H2,1H3/t8-,9+,10-/m1/s1. The molecule has 3 atom stereocenters. The Hall–Kier alpha value is -0.120. The first kappa shape index (κ1) is 11.0. The monoisotopic (exact) mass is 188 g/mol. The second kappa shape index (κ2) is 5.58. The van der Waals surface area contributed by atoms with Gasteiger partial charge in [0.15, 0.2) is 0 Å². The Morgan fingerprint density at radius 1 is 1.38 bits per heavy atom. The molecular formula is C10H20O3. The largest absolute Gasteiger partial charge is 0.396 e. The maximum Gasteiger partial charge on any atom is 0.0832 e. The molecule has 0 aliphatic heterocycles. The van der Waals surface area contributed by atoms with Gasteiger partial charge in [-0.25, -0.2) is 0 Å². The lowest BCUT2D eigenvalue weighted by Crippen LogP contribution is -2.35. The predicted octanol–water partition coefficient (Wildman–Crippen LogP) is 0.935. The van der Waals surface area contributed by atoms with Crippen LogP contribution < -0.4 is 0 Å². The molecule has 0 aromatic carbocycles. The molecule has 0 amide bonds. The molecule has 3 nitrogen and oxygen atoms in total. The van der Waals surface area contributed by atoms with Crippen molar-refractivity contribution in [2.75, 3.05) is 13.7 Å². The van der Waals surface area contributed by atoms with Crippen molar-refractivity contribution in [3.05, 3.63) is 0 Å². The quantitative estimate of drug-likeness (QED) is 0.690. The third-order valence-corrected chi connectivity index (χ3v) is 2.94. The fourth-order valence-corrected chi connectivity index (χ4v) is 2.09. The minimum atomic E-state index is -0.282. The third kappa shape index (κ3) is 3.25. The van der Waals surface area contributed by atoms with E-state index in [0.717, 1.165) is 32.1 Å². The Morgan fingerprint density at radius 2 is 2.15 bits per heavy atom. The number of hydrogen-bond donors (Lipinski definition) is 2. The smallest absolute Gasteiger partial charge is 0.0832 e. The van der Waals surface area contributed by atoms with Crippen LogP contribution in [0.4, 0.5) is 0 Å². The SMILES string of the molecule is CO[C@@H]1C[C@H](CCCO)CC[C@@H]1O. The van der Waals surface area contributed by atoms with Crippen LogP contribution in [0.15, 0.2) is 0 Å². The molecule has 0 spiro atoms. The van der Waals surface area contributed by atoms with Gasteiger partial charge in [-0.3, -0.25) is 0 Å². The van der Waals surface area contributed by atoms with E-state index >= 15 is 0 Å². The number of aliphatic hydroxyl groups is 2. The zero-order valence-corrected chi connectivity index (χ0v) is 8.28. The van der Waals surface area contributed by atoms with Crippen molar-refractivity contribution in [1.82, 2.24) is 0 Å². The number of ether oxygens (including phenoxy) is 1. The maximum atomic E-state index is 9.54. The average molecular weight is 188 g/mol. The van der Waals surface area contributed by atoms with Crippen molar-refractivity contribution >= 4 is 0 Å². The highest BCUT2D eigenvalue weighted by Crippen LogP contribution is 2.29. The molecule has 1 fully saturated rings. The normalized spacial score (nSPS) is 34.8. The Morgan fingerprint density at radius 3 is 2.77 bits per heavy atom. The van der Waals surface area contributed by atoms with Crippen LogP contribution in [0.3, 0.4) is 0 Å². The van der Waals surface area contributed by atoms with Crippen molar-refractivity contribution in [2.24, 2.45) is 5.92 Å². The van der Waals surface area contributed by atoms with Crippen LogP contribution in [0, 0.1) is 5.92 Å². The van der Waals surface area contributed by atoms with E-state index in [2.05, 4.69) is 0 Å². The van der Waals surface area contributed by atoms with Crippen LogP contribution >= 0.6 is 0 Å². The van der Waals surface area contributed by atoms with E-state index in [4.69, 9.17) is 9.84 Å². The third-order valence-electron chi connectivity index (χ3n) is 2.94. The van der Waals surface area contributed by atoms with E-state index in [1.165, 1.54) is 0 Å². The van der Waals surface area contributed by atoms with Gasteiger partial charge in [-0.05, 0) is 38.0 Å². The lowest BCUT2D eigenvalue weighted by molar-refractivity contribution is -0.0518. The van der Waals surface area contributed by atoms with Crippen LogP contribution in [-0.2, 0) is 4.74 Å². The van der Waals surface area contributed by atoms with Gasteiger partial charge in [0.05, 0.1) is 12.2 Å². The van der Waals surface area contributed by atoms with Gasteiger partial charge in [-0.15, -0.1) is 0 Å². The van der Waals surface area contributed by atoms with Gasteiger partial charge in [0.2, 0.25) is 0 Å². The molecule has 0 aromatic heterocycles. The minimum Gasteiger partial charge on any atom is -0.396 e. The van der Waals surface area contributed by atoms with E-state index in [1.807, 2.05) is 0 Å². The lowest BCUT2D eigenvalue weighted by atomic mass is 9.83. The fourth-order valence-electron chi connectivity index (χ4n) is 2.09. The molecule has 0 radical (unpaired) electrons.